The lowest BCUT2D eigenvalue weighted by Gasteiger charge is -2.28. The number of rotatable bonds is 0. The van der Waals surface area contributed by atoms with Crippen molar-refractivity contribution < 1.29 is 0 Å². The standard InChI is InChI=1S/C15H20N2/c1-15(2)8-10-16-9-7-12-11-5-3-4-6-13(11)17-14(12)15/h3-6,16-17H,7-10H2,1-2H3. The molecule has 1 aliphatic rings. The van der Waals surface area contributed by atoms with Crippen molar-refractivity contribution in [3.05, 3.63) is 35.5 Å². The second-order valence-electron chi connectivity index (χ2n) is 5.66. The normalized spacial score (nSPS) is 19.6. The molecule has 2 heteroatoms. The van der Waals surface area contributed by atoms with Gasteiger partial charge in [-0.15, -0.1) is 0 Å². The summed E-state index contributed by atoms with van der Waals surface area (Å²) in [6, 6.07) is 8.67. The summed E-state index contributed by atoms with van der Waals surface area (Å²) in [6.07, 6.45) is 2.32. The average molecular weight is 228 g/mol. The molecule has 0 radical (unpaired) electrons. The molecule has 3 rings (SSSR count). The molecular formula is C15H20N2. The van der Waals surface area contributed by atoms with Crippen LogP contribution >= 0.6 is 0 Å². The van der Waals surface area contributed by atoms with Crippen molar-refractivity contribution in [3.8, 4) is 0 Å². The molecule has 0 spiro atoms. The highest BCUT2D eigenvalue weighted by Crippen LogP contribution is 2.34. The van der Waals surface area contributed by atoms with Gasteiger partial charge in [0, 0.05) is 22.0 Å². The van der Waals surface area contributed by atoms with Crippen LogP contribution in [0.25, 0.3) is 10.9 Å². The lowest BCUT2D eigenvalue weighted by molar-refractivity contribution is 0.433. The van der Waals surface area contributed by atoms with Gasteiger partial charge >= 0.3 is 0 Å². The highest BCUT2D eigenvalue weighted by atomic mass is 14.9. The summed E-state index contributed by atoms with van der Waals surface area (Å²) in [5.74, 6) is 0. The van der Waals surface area contributed by atoms with Crippen molar-refractivity contribution in [3.63, 3.8) is 0 Å². The molecule has 1 aliphatic heterocycles. The van der Waals surface area contributed by atoms with E-state index in [4.69, 9.17) is 0 Å². The van der Waals surface area contributed by atoms with Crippen LogP contribution < -0.4 is 5.32 Å². The van der Waals surface area contributed by atoms with Gasteiger partial charge in [0.15, 0.2) is 0 Å². The minimum absolute atomic E-state index is 0.238. The summed E-state index contributed by atoms with van der Waals surface area (Å²) in [7, 11) is 0. The zero-order chi connectivity index (χ0) is 11.9. The maximum atomic E-state index is 3.65. The van der Waals surface area contributed by atoms with Crippen molar-refractivity contribution in [2.75, 3.05) is 13.1 Å². The van der Waals surface area contributed by atoms with Gasteiger partial charge in [-0.3, -0.25) is 0 Å². The average Bonchev–Trinajstić information content (AvgIpc) is 2.66. The first-order valence-electron chi connectivity index (χ1n) is 6.49. The topological polar surface area (TPSA) is 27.8 Å². The van der Waals surface area contributed by atoms with Crippen LogP contribution in [0.3, 0.4) is 0 Å². The zero-order valence-electron chi connectivity index (χ0n) is 10.6. The molecule has 2 nitrogen and oxygen atoms in total. The van der Waals surface area contributed by atoms with E-state index in [1.165, 1.54) is 28.6 Å². The van der Waals surface area contributed by atoms with Crippen molar-refractivity contribution in [1.82, 2.24) is 10.3 Å². The van der Waals surface area contributed by atoms with Crippen molar-refractivity contribution in [2.45, 2.75) is 32.1 Å². The number of H-pyrrole nitrogens is 1. The van der Waals surface area contributed by atoms with E-state index in [2.05, 4.69) is 48.4 Å². The molecule has 1 aromatic heterocycles. The summed E-state index contributed by atoms with van der Waals surface area (Å²) < 4.78 is 0. The quantitative estimate of drug-likeness (QED) is 0.713. The molecule has 2 heterocycles. The van der Waals surface area contributed by atoms with Gasteiger partial charge in [0.2, 0.25) is 0 Å². The fraction of sp³-hybridized carbons (Fsp3) is 0.467. The Morgan fingerprint density at radius 2 is 1.94 bits per heavy atom. The third kappa shape index (κ3) is 1.77. The van der Waals surface area contributed by atoms with Gasteiger partial charge in [-0.2, -0.15) is 0 Å². The summed E-state index contributed by atoms with van der Waals surface area (Å²) in [6.45, 7) is 6.88. The van der Waals surface area contributed by atoms with E-state index in [-0.39, 0.29) is 5.41 Å². The largest absolute Gasteiger partial charge is 0.358 e. The molecule has 90 valence electrons. The molecule has 1 aromatic carbocycles. The molecule has 0 aliphatic carbocycles. The van der Waals surface area contributed by atoms with Crippen molar-refractivity contribution in [1.29, 1.82) is 0 Å². The summed E-state index contributed by atoms with van der Waals surface area (Å²) in [5.41, 5.74) is 4.48. The molecule has 2 aromatic rings. The lowest BCUT2D eigenvalue weighted by Crippen LogP contribution is -2.31. The van der Waals surface area contributed by atoms with Crippen LogP contribution in [-0.4, -0.2) is 18.1 Å². The first-order chi connectivity index (χ1) is 8.18. The van der Waals surface area contributed by atoms with Gasteiger partial charge in [0.05, 0.1) is 0 Å². The number of nitrogens with one attached hydrogen (secondary N) is 2. The molecule has 0 bridgehead atoms. The second kappa shape index (κ2) is 3.88. The first-order valence-corrected chi connectivity index (χ1v) is 6.49. The van der Waals surface area contributed by atoms with Crippen LogP contribution in [0.5, 0.6) is 0 Å². The molecule has 17 heavy (non-hydrogen) atoms. The maximum absolute atomic E-state index is 3.65. The smallest absolute Gasteiger partial charge is 0.0459 e. The third-order valence-corrected chi connectivity index (χ3v) is 3.97. The van der Waals surface area contributed by atoms with E-state index < -0.39 is 0 Å². The molecule has 0 saturated heterocycles. The van der Waals surface area contributed by atoms with Gasteiger partial charge in [-0.1, -0.05) is 32.0 Å². The van der Waals surface area contributed by atoms with E-state index in [0.717, 1.165) is 19.5 Å². The Labute approximate surface area is 102 Å². The van der Waals surface area contributed by atoms with Gasteiger partial charge in [-0.25, -0.2) is 0 Å². The Bertz CT molecular complexity index is 537. The van der Waals surface area contributed by atoms with Crippen molar-refractivity contribution >= 4 is 10.9 Å². The number of para-hydroxylation sites is 1. The van der Waals surface area contributed by atoms with E-state index in [0.29, 0.717) is 0 Å². The Morgan fingerprint density at radius 1 is 1.12 bits per heavy atom. The minimum atomic E-state index is 0.238. The third-order valence-electron chi connectivity index (χ3n) is 3.97. The number of aromatic nitrogens is 1. The maximum Gasteiger partial charge on any atom is 0.0459 e. The van der Waals surface area contributed by atoms with E-state index in [9.17, 15) is 0 Å². The first kappa shape index (κ1) is 10.8. The molecule has 0 saturated carbocycles. The predicted molar refractivity (Wildman–Crippen MR) is 72.5 cm³/mol. The van der Waals surface area contributed by atoms with Crippen molar-refractivity contribution in [2.24, 2.45) is 0 Å². The summed E-state index contributed by atoms with van der Waals surface area (Å²) in [5, 5.41) is 4.93. The number of fused-ring (bicyclic) bond motifs is 3. The molecule has 0 fully saturated rings. The Kier molecular flexibility index (Phi) is 2.48. The number of benzene rings is 1. The van der Waals surface area contributed by atoms with E-state index in [1.807, 2.05) is 0 Å². The van der Waals surface area contributed by atoms with Crippen LogP contribution in [0.2, 0.25) is 0 Å². The monoisotopic (exact) mass is 228 g/mol. The van der Waals surface area contributed by atoms with E-state index >= 15 is 0 Å². The van der Waals surface area contributed by atoms with Crippen LogP contribution in [0.4, 0.5) is 0 Å². The highest BCUT2D eigenvalue weighted by Gasteiger charge is 2.27. The number of hydrogen-bond donors (Lipinski definition) is 2. The Balaban J connectivity index is 2.24. The second-order valence-corrected chi connectivity index (χ2v) is 5.66. The molecule has 0 amide bonds. The molecule has 2 N–H and O–H groups in total. The predicted octanol–water partition coefficient (Wildman–Crippen LogP) is 2.98. The van der Waals surface area contributed by atoms with E-state index in [1.54, 1.807) is 0 Å². The zero-order valence-corrected chi connectivity index (χ0v) is 10.6. The number of hydrogen-bond acceptors (Lipinski definition) is 1. The Hall–Kier alpha value is -1.28. The van der Waals surface area contributed by atoms with Gasteiger partial charge < -0.3 is 10.3 Å². The van der Waals surface area contributed by atoms with Gasteiger partial charge in [0.1, 0.15) is 0 Å². The number of aromatic amines is 1. The lowest BCUT2D eigenvalue weighted by atomic mass is 9.82. The molecule has 0 unspecified atom stereocenters. The van der Waals surface area contributed by atoms with Crippen LogP contribution in [0.15, 0.2) is 24.3 Å². The molecule has 0 atom stereocenters. The SMILES string of the molecule is CC1(C)CCNCCc2c1[nH]c1ccccc21. The van der Waals surface area contributed by atoms with Crippen LogP contribution in [0.1, 0.15) is 31.5 Å². The van der Waals surface area contributed by atoms with Gasteiger partial charge in [-0.05, 0) is 37.6 Å². The van der Waals surface area contributed by atoms with Crippen LogP contribution in [-0.2, 0) is 11.8 Å². The fourth-order valence-corrected chi connectivity index (χ4v) is 2.90. The summed E-state index contributed by atoms with van der Waals surface area (Å²) in [4.78, 5) is 3.65. The Morgan fingerprint density at radius 3 is 2.82 bits per heavy atom. The molecular weight excluding hydrogens is 208 g/mol. The van der Waals surface area contributed by atoms with Gasteiger partial charge in [0.25, 0.3) is 0 Å². The summed E-state index contributed by atoms with van der Waals surface area (Å²) >= 11 is 0. The van der Waals surface area contributed by atoms with Crippen LogP contribution in [0, 0.1) is 0 Å². The fourth-order valence-electron chi connectivity index (χ4n) is 2.90. The minimum Gasteiger partial charge on any atom is -0.358 e. The highest BCUT2D eigenvalue weighted by molar-refractivity contribution is 5.85.